The van der Waals surface area contributed by atoms with E-state index in [1.165, 1.54) is 0 Å². The third kappa shape index (κ3) is 4.08. The molecular formula is C11H21NO4. The molecule has 1 heterocycles. The lowest BCUT2D eigenvalue weighted by molar-refractivity contribution is -0.161. The molecule has 0 spiro atoms. The van der Waals surface area contributed by atoms with Gasteiger partial charge < -0.3 is 20.3 Å². The first kappa shape index (κ1) is 13.4. The van der Waals surface area contributed by atoms with Crippen LogP contribution in [0.15, 0.2) is 0 Å². The average Bonchev–Trinajstić information content (AvgIpc) is 2.16. The van der Waals surface area contributed by atoms with Gasteiger partial charge in [-0.1, -0.05) is 0 Å². The first-order valence-electron chi connectivity index (χ1n) is 5.75. The second-order valence-electron chi connectivity index (χ2n) is 4.41. The molecule has 0 amide bonds. The lowest BCUT2D eigenvalue weighted by Gasteiger charge is -2.32. The van der Waals surface area contributed by atoms with Gasteiger partial charge in [-0.15, -0.1) is 0 Å². The molecule has 1 aliphatic heterocycles. The third-order valence-electron chi connectivity index (χ3n) is 2.68. The van der Waals surface area contributed by atoms with Crippen molar-refractivity contribution in [1.29, 1.82) is 0 Å². The molecule has 5 nitrogen and oxygen atoms in total. The van der Waals surface area contributed by atoms with Crippen molar-refractivity contribution in [1.82, 2.24) is 0 Å². The van der Waals surface area contributed by atoms with Crippen LogP contribution in [0.4, 0.5) is 0 Å². The van der Waals surface area contributed by atoms with E-state index < -0.39 is 12.0 Å². The Hall–Kier alpha value is -0.650. The van der Waals surface area contributed by atoms with Gasteiger partial charge in [-0.05, 0) is 20.3 Å². The third-order valence-corrected chi connectivity index (χ3v) is 2.68. The van der Waals surface area contributed by atoms with Crippen molar-refractivity contribution < 1.29 is 19.4 Å². The van der Waals surface area contributed by atoms with Gasteiger partial charge in [0.15, 0.2) is 0 Å². The quantitative estimate of drug-likeness (QED) is 0.675. The van der Waals surface area contributed by atoms with E-state index in [9.17, 15) is 4.79 Å². The summed E-state index contributed by atoms with van der Waals surface area (Å²) in [7, 11) is 0. The topological polar surface area (TPSA) is 81.8 Å². The molecule has 0 saturated carbocycles. The first-order chi connectivity index (χ1) is 7.52. The predicted molar refractivity (Wildman–Crippen MR) is 58.8 cm³/mol. The molecule has 5 heteroatoms. The maximum absolute atomic E-state index is 11.5. The highest BCUT2D eigenvalue weighted by molar-refractivity contribution is 5.75. The van der Waals surface area contributed by atoms with Crippen LogP contribution in [-0.4, -0.2) is 42.0 Å². The second-order valence-corrected chi connectivity index (χ2v) is 4.41. The van der Waals surface area contributed by atoms with Crippen LogP contribution < -0.4 is 5.73 Å². The number of aliphatic hydroxyl groups is 1. The summed E-state index contributed by atoms with van der Waals surface area (Å²) in [5.41, 5.74) is 5.55. The zero-order valence-corrected chi connectivity index (χ0v) is 9.89. The van der Waals surface area contributed by atoms with Crippen LogP contribution in [0.1, 0.15) is 33.1 Å². The molecule has 3 N–H and O–H groups in total. The number of ether oxygens (including phenoxy) is 2. The lowest BCUT2D eigenvalue weighted by Crippen LogP contribution is -2.40. The largest absolute Gasteiger partial charge is 0.461 e. The van der Waals surface area contributed by atoms with E-state index in [-0.39, 0.29) is 31.3 Å². The van der Waals surface area contributed by atoms with Gasteiger partial charge in [0.2, 0.25) is 0 Å². The van der Waals surface area contributed by atoms with Crippen LogP contribution in [0.3, 0.4) is 0 Å². The summed E-state index contributed by atoms with van der Waals surface area (Å²) in [4.78, 5) is 11.5. The van der Waals surface area contributed by atoms with Gasteiger partial charge in [-0.2, -0.15) is 0 Å². The van der Waals surface area contributed by atoms with Crippen molar-refractivity contribution in [3.63, 3.8) is 0 Å². The van der Waals surface area contributed by atoms with Gasteiger partial charge in [-0.25, -0.2) is 0 Å². The van der Waals surface area contributed by atoms with Crippen LogP contribution in [-0.2, 0) is 14.3 Å². The van der Waals surface area contributed by atoms with Gasteiger partial charge in [0.1, 0.15) is 12.1 Å². The molecule has 0 aromatic carbocycles. The average molecular weight is 231 g/mol. The van der Waals surface area contributed by atoms with Gasteiger partial charge in [0.25, 0.3) is 0 Å². The Morgan fingerprint density at radius 3 is 2.56 bits per heavy atom. The van der Waals surface area contributed by atoms with Crippen molar-refractivity contribution >= 4 is 5.97 Å². The van der Waals surface area contributed by atoms with Crippen molar-refractivity contribution in [3.8, 4) is 0 Å². The molecule has 1 saturated heterocycles. The predicted octanol–water partition coefficient (Wildman–Crippen LogP) is 0.195. The minimum Gasteiger partial charge on any atom is -0.461 e. The number of hydrogen-bond acceptors (Lipinski definition) is 5. The van der Waals surface area contributed by atoms with E-state index in [1.807, 2.05) is 13.8 Å². The van der Waals surface area contributed by atoms with Crippen LogP contribution in [0, 0.1) is 0 Å². The Balaban J connectivity index is 2.38. The second kappa shape index (κ2) is 6.18. The molecule has 0 bridgehead atoms. The number of hydrogen-bond donors (Lipinski definition) is 2. The highest BCUT2D eigenvalue weighted by Gasteiger charge is 2.28. The SMILES string of the molecule is CC1CC(OC(=O)[C@H](N)CCO)CC(C)O1. The minimum atomic E-state index is -0.724. The maximum atomic E-state index is 11.5. The molecule has 2 unspecified atom stereocenters. The fourth-order valence-electron chi connectivity index (χ4n) is 1.95. The van der Waals surface area contributed by atoms with Gasteiger partial charge in [0, 0.05) is 19.4 Å². The Labute approximate surface area is 95.9 Å². The summed E-state index contributed by atoms with van der Waals surface area (Å²) >= 11 is 0. The molecule has 1 fully saturated rings. The zero-order valence-electron chi connectivity index (χ0n) is 9.89. The Bertz CT molecular complexity index is 224. The van der Waals surface area contributed by atoms with Crippen LogP contribution in [0.5, 0.6) is 0 Å². The number of aliphatic hydroxyl groups excluding tert-OH is 1. The Morgan fingerprint density at radius 2 is 2.06 bits per heavy atom. The highest BCUT2D eigenvalue weighted by atomic mass is 16.6. The standard InChI is InChI=1S/C11H21NO4/c1-7-5-9(6-8(2)15-7)16-11(14)10(12)3-4-13/h7-10,13H,3-6,12H2,1-2H3/t7?,8?,9?,10-/m1/s1. The molecule has 1 rings (SSSR count). The fraction of sp³-hybridized carbons (Fsp3) is 0.909. The number of rotatable bonds is 4. The van der Waals surface area contributed by atoms with Gasteiger partial charge in [0.05, 0.1) is 12.2 Å². The molecular weight excluding hydrogens is 210 g/mol. The summed E-state index contributed by atoms with van der Waals surface area (Å²) in [5.74, 6) is -0.430. The molecule has 0 aromatic rings. The van der Waals surface area contributed by atoms with Crippen molar-refractivity contribution in [2.75, 3.05) is 6.61 Å². The molecule has 3 atom stereocenters. The maximum Gasteiger partial charge on any atom is 0.323 e. The van der Waals surface area contributed by atoms with E-state index >= 15 is 0 Å². The van der Waals surface area contributed by atoms with Crippen molar-refractivity contribution in [3.05, 3.63) is 0 Å². The summed E-state index contributed by atoms with van der Waals surface area (Å²) in [6.07, 6.45) is 1.76. The highest BCUT2D eigenvalue weighted by Crippen LogP contribution is 2.21. The summed E-state index contributed by atoms with van der Waals surface area (Å²) in [6.45, 7) is 3.82. The van der Waals surface area contributed by atoms with Crippen LogP contribution in [0.2, 0.25) is 0 Å². The summed E-state index contributed by atoms with van der Waals surface area (Å²) in [5, 5.41) is 8.67. The van der Waals surface area contributed by atoms with E-state index in [0.29, 0.717) is 12.8 Å². The van der Waals surface area contributed by atoms with Crippen LogP contribution in [0.25, 0.3) is 0 Å². The fourth-order valence-corrected chi connectivity index (χ4v) is 1.95. The molecule has 0 aromatic heterocycles. The van der Waals surface area contributed by atoms with Crippen molar-refractivity contribution in [2.24, 2.45) is 5.73 Å². The van der Waals surface area contributed by atoms with Crippen LogP contribution >= 0.6 is 0 Å². The normalized spacial score (nSPS) is 32.1. The summed E-state index contributed by atoms with van der Waals surface area (Å²) < 4.78 is 10.8. The number of carbonyl (C=O) groups is 1. The number of esters is 1. The van der Waals surface area contributed by atoms with Gasteiger partial charge in [-0.3, -0.25) is 4.79 Å². The van der Waals surface area contributed by atoms with Gasteiger partial charge >= 0.3 is 5.97 Å². The smallest absolute Gasteiger partial charge is 0.323 e. The first-order valence-corrected chi connectivity index (χ1v) is 5.75. The van der Waals surface area contributed by atoms with E-state index in [0.717, 1.165) is 0 Å². The van der Waals surface area contributed by atoms with E-state index in [1.54, 1.807) is 0 Å². The zero-order chi connectivity index (χ0) is 12.1. The number of nitrogens with two attached hydrogens (primary N) is 1. The van der Waals surface area contributed by atoms with E-state index in [4.69, 9.17) is 20.3 Å². The van der Waals surface area contributed by atoms with E-state index in [2.05, 4.69) is 0 Å². The molecule has 94 valence electrons. The molecule has 16 heavy (non-hydrogen) atoms. The number of carbonyl (C=O) groups excluding carboxylic acids is 1. The lowest BCUT2D eigenvalue weighted by atomic mass is 10.0. The Kier molecular flexibility index (Phi) is 5.18. The summed E-state index contributed by atoms with van der Waals surface area (Å²) in [6, 6.07) is -0.724. The van der Waals surface area contributed by atoms with Crippen molar-refractivity contribution in [2.45, 2.75) is 57.5 Å². The monoisotopic (exact) mass is 231 g/mol. The molecule has 1 aliphatic rings. The minimum absolute atomic E-state index is 0.100. The Morgan fingerprint density at radius 1 is 1.50 bits per heavy atom. The molecule has 0 radical (unpaired) electrons. The molecule has 0 aliphatic carbocycles.